The summed E-state index contributed by atoms with van der Waals surface area (Å²) in [4.78, 5) is 0. The molecule has 4 heteroatoms. The van der Waals surface area contributed by atoms with E-state index in [2.05, 4.69) is 27.3 Å². The molecule has 0 bridgehead atoms. The summed E-state index contributed by atoms with van der Waals surface area (Å²) >= 11 is 3.48. The van der Waals surface area contributed by atoms with Crippen LogP contribution in [0.25, 0.3) is 0 Å². The Morgan fingerprint density at radius 2 is 2.33 bits per heavy atom. The Kier molecular flexibility index (Phi) is 4.78. The van der Waals surface area contributed by atoms with E-state index in [0.717, 1.165) is 41.8 Å². The van der Waals surface area contributed by atoms with Crippen molar-refractivity contribution < 1.29 is 9.13 Å². The minimum Gasteiger partial charge on any atom is -0.496 e. The van der Waals surface area contributed by atoms with Crippen LogP contribution in [0.1, 0.15) is 31.4 Å². The Labute approximate surface area is 115 Å². The third-order valence-electron chi connectivity index (χ3n) is 2.92. The second-order valence-electron chi connectivity index (χ2n) is 4.25. The van der Waals surface area contributed by atoms with E-state index in [1.165, 1.54) is 6.07 Å². The van der Waals surface area contributed by atoms with Gasteiger partial charge in [-0.25, -0.2) is 4.39 Å². The quantitative estimate of drug-likeness (QED) is 0.909. The summed E-state index contributed by atoms with van der Waals surface area (Å²) in [5.74, 6) is 0.668. The summed E-state index contributed by atoms with van der Waals surface area (Å²) in [6.07, 6.45) is 4.16. The smallest absolute Gasteiger partial charge is 0.123 e. The van der Waals surface area contributed by atoms with Gasteiger partial charge in [0.2, 0.25) is 0 Å². The van der Waals surface area contributed by atoms with Crippen LogP contribution in [0.4, 0.5) is 4.39 Å². The lowest BCUT2D eigenvalue weighted by Gasteiger charge is -2.25. The predicted molar refractivity (Wildman–Crippen MR) is 73.8 cm³/mol. The summed E-state index contributed by atoms with van der Waals surface area (Å²) in [5, 5.41) is 3.35. The second-order valence-corrected chi connectivity index (χ2v) is 5.11. The summed E-state index contributed by atoms with van der Waals surface area (Å²) in [6, 6.07) is 4.65. The third kappa shape index (κ3) is 3.12. The molecule has 2 rings (SSSR count). The van der Waals surface area contributed by atoms with Crippen LogP contribution in [0.2, 0.25) is 0 Å². The summed E-state index contributed by atoms with van der Waals surface area (Å²) < 4.78 is 20.0. The van der Waals surface area contributed by atoms with Crippen LogP contribution < -0.4 is 5.32 Å². The number of allylic oxidation sites excluding steroid dienone is 1. The van der Waals surface area contributed by atoms with E-state index in [4.69, 9.17) is 4.74 Å². The van der Waals surface area contributed by atoms with Gasteiger partial charge in [0.05, 0.1) is 12.6 Å². The third-order valence-corrected chi connectivity index (χ3v) is 3.65. The normalized spacial score (nSPS) is 16.9. The van der Waals surface area contributed by atoms with Gasteiger partial charge in [0, 0.05) is 4.47 Å². The first kappa shape index (κ1) is 13.6. The van der Waals surface area contributed by atoms with Crippen molar-refractivity contribution in [3.63, 3.8) is 0 Å². The van der Waals surface area contributed by atoms with E-state index in [1.54, 1.807) is 12.1 Å². The first-order valence-corrected chi connectivity index (χ1v) is 7.03. The maximum absolute atomic E-state index is 13.4. The number of nitrogens with one attached hydrogen (secondary N) is 1. The minimum absolute atomic E-state index is 0.0830. The maximum atomic E-state index is 13.4. The number of hydrogen-bond acceptors (Lipinski definition) is 2. The monoisotopic (exact) mass is 313 g/mol. The molecule has 0 saturated heterocycles. The van der Waals surface area contributed by atoms with Crippen molar-refractivity contribution in [2.45, 2.75) is 25.8 Å². The average molecular weight is 314 g/mol. The minimum atomic E-state index is -0.229. The molecule has 2 nitrogen and oxygen atoms in total. The summed E-state index contributed by atoms with van der Waals surface area (Å²) in [7, 11) is 0. The van der Waals surface area contributed by atoms with Gasteiger partial charge in [-0.3, -0.25) is 0 Å². The van der Waals surface area contributed by atoms with Crippen LogP contribution in [0, 0.1) is 5.82 Å². The molecule has 1 unspecified atom stereocenters. The highest BCUT2D eigenvalue weighted by Gasteiger charge is 2.21. The van der Waals surface area contributed by atoms with Gasteiger partial charge < -0.3 is 10.1 Å². The molecular formula is C14H17BrFNO. The van der Waals surface area contributed by atoms with E-state index in [9.17, 15) is 4.39 Å². The molecule has 0 spiro atoms. The largest absolute Gasteiger partial charge is 0.496 e. The molecule has 1 aromatic rings. The Bertz CT molecular complexity index is 447. The van der Waals surface area contributed by atoms with Crippen molar-refractivity contribution in [2.24, 2.45) is 0 Å². The van der Waals surface area contributed by atoms with Crippen molar-refractivity contribution in [1.82, 2.24) is 5.32 Å². The van der Waals surface area contributed by atoms with Crippen molar-refractivity contribution in [2.75, 3.05) is 13.2 Å². The molecule has 0 amide bonds. The van der Waals surface area contributed by atoms with Gasteiger partial charge in [0.1, 0.15) is 11.6 Å². The number of rotatable bonds is 4. The fourth-order valence-corrected chi connectivity index (χ4v) is 2.56. The summed E-state index contributed by atoms with van der Waals surface area (Å²) in [6.45, 7) is 3.57. The first-order chi connectivity index (χ1) is 8.72. The number of likely N-dealkylation sites (N-methyl/N-ethyl adjacent to an activating group) is 1. The molecule has 0 saturated carbocycles. The molecule has 1 aliphatic rings. The highest BCUT2D eigenvalue weighted by atomic mass is 79.9. The Morgan fingerprint density at radius 1 is 1.50 bits per heavy atom. The molecule has 1 aliphatic heterocycles. The van der Waals surface area contributed by atoms with Gasteiger partial charge in [0.15, 0.2) is 0 Å². The highest BCUT2D eigenvalue weighted by Crippen LogP contribution is 2.31. The van der Waals surface area contributed by atoms with E-state index in [0.29, 0.717) is 0 Å². The number of hydrogen-bond donors (Lipinski definition) is 1. The zero-order valence-electron chi connectivity index (χ0n) is 10.4. The molecule has 98 valence electrons. The second kappa shape index (κ2) is 6.34. The first-order valence-electron chi connectivity index (χ1n) is 6.23. The predicted octanol–water partition coefficient (Wildman–Crippen LogP) is 3.93. The molecule has 0 fully saturated rings. The van der Waals surface area contributed by atoms with Crippen LogP contribution >= 0.6 is 15.9 Å². The standard InChI is InChI=1S/C14H17BrFNO/c1-2-17-14(13-5-3-4-8-18-13)11-9-10(16)6-7-12(11)15/h5-7,9,14,17H,2-4,8H2,1H3. The molecule has 0 aromatic heterocycles. The van der Waals surface area contributed by atoms with E-state index >= 15 is 0 Å². The van der Waals surface area contributed by atoms with Crippen LogP contribution in [0.5, 0.6) is 0 Å². The van der Waals surface area contributed by atoms with Crippen LogP contribution in [0.3, 0.4) is 0 Å². The number of ether oxygens (including phenoxy) is 1. The van der Waals surface area contributed by atoms with Gasteiger partial charge in [-0.15, -0.1) is 0 Å². The molecule has 1 aromatic carbocycles. The molecule has 0 radical (unpaired) electrons. The molecule has 1 heterocycles. The Balaban J connectivity index is 2.34. The summed E-state index contributed by atoms with van der Waals surface area (Å²) in [5.41, 5.74) is 0.880. The lowest BCUT2D eigenvalue weighted by Crippen LogP contribution is -2.25. The van der Waals surface area contributed by atoms with Crippen LogP contribution in [0.15, 0.2) is 34.5 Å². The van der Waals surface area contributed by atoms with Crippen molar-refractivity contribution in [1.29, 1.82) is 0 Å². The fourth-order valence-electron chi connectivity index (χ4n) is 2.08. The van der Waals surface area contributed by atoms with Crippen LogP contribution in [-0.2, 0) is 4.74 Å². The fraction of sp³-hybridized carbons (Fsp3) is 0.429. The van der Waals surface area contributed by atoms with Gasteiger partial charge in [0.25, 0.3) is 0 Å². The molecule has 1 N–H and O–H groups in total. The number of benzene rings is 1. The maximum Gasteiger partial charge on any atom is 0.123 e. The zero-order valence-corrected chi connectivity index (χ0v) is 12.0. The van der Waals surface area contributed by atoms with E-state index in [1.807, 2.05) is 6.92 Å². The highest BCUT2D eigenvalue weighted by molar-refractivity contribution is 9.10. The Hall–Kier alpha value is -0.870. The van der Waals surface area contributed by atoms with Crippen LogP contribution in [-0.4, -0.2) is 13.2 Å². The van der Waals surface area contributed by atoms with E-state index in [-0.39, 0.29) is 11.9 Å². The van der Waals surface area contributed by atoms with Gasteiger partial charge in [-0.1, -0.05) is 22.9 Å². The lowest BCUT2D eigenvalue weighted by atomic mass is 10.0. The van der Waals surface area contributed by atoms with Crippen molar-refractivity contribution in [3.8, 4) is 0 Å². The van der Waals surface area contributed by atoms with Gasteiger partial charge >= 0.3 is 0 Å². The molecular weight excluding hydrogens is 297 g/mol. The Morgan fingerprint density at radius 3 is 3.00 bits per heavy atom. The molecule has 1 atom stereocenters. The van der Waals surface area contributed by atoms with Gasteiger partial charge in [-0.2, -0.15) is 0 Å². The SMILES string of the molecule is CCNC(C1=CCCCO1)c1cc(F)ccc1Br. The zero-order chi connectivity index (χ0) is 13.0. The topological polar surface area (TPSA) is 21.3 Å². The van der Waals surface area contributed by atoms with Crippen molar-refractivity contribution >= 4 is 15.9 Å². The van der Waals surface area contributed by atoms with Gasteiger partial charge in [-0.05, 0) is 49.2 Å². The molecule has 0 aliphatic carbocycles. The van der Waals surface area contributed by atoms with Crippen molar-refractivity contribution in [3.05, 3.63) is 45.9 Å². The van der Waals surface area contributed by atoms with E-state index < -0.39 is 0 Å². The molecule has 18 heavy (non-hydrogen) atoms. The average Bonchev–Trinajstić information content (AvgIpc) is 2.40. The lowest BCUT2D eigenvalue weighted by molar-refractivity contribution is 0.168. The number of halogens is 2.